The quantitative estimate of drug-likeness (QED) is 0.525. The first-order valence-corrected chi connectivity index (χ1v) is 3.36. The van der Waals surface area contributed by atoms with E-state index < -0.39 is 18.2 Å². The van der Waals surface area contributed by atoms with Crippen LogP contribution in [0.5, 0.6) is 0 Å². The Bertz CT molecular complexity index is 147. The third-order valence-electron chi connectivity index (χ3n) is 1.34. The van der Waals surface area contributed by atoms with Crippen molar-refractivity contribution in [3.63, 3.8) is 0 Å². The van der Waals surface area contributed by atoms with Crippen LogP contribution in [-0.2, 0) is 0 Å². The number of amides is 1. The minimum absolute atomic E-state index is 0.390. The number of carbonyl (C=O) groups is 1. The predicted octanol–water partition coefficient (Wildman–Crippen LogP) is 0.580. The third-order valence-corrected chi connectivity index (χ3v) is 1.34. The summed E-state index contributed by atoms with van der Waals surface area (Å²) < 4.78 is 0. The Balaban J connectivity index is 3.71. The molecule has 0 aliphatic heterocycles. The summed E-state index contributed by atoms with van der Waals surface area (Å²) in [5.41, 5.74) is 0. The highest BCUT2D eigenvalue weighted by Crippen LogP contribution is 1.98. The van der Waals surface area contributed by atoms with Gasteiger partial charge in [0.15, 0.2) is 0 Å². The molecule has 0 aliphatic carbocycles. The van der Waals surface area contributed by atoms with Crippen LogP contribution in [0.25, 0.3) is 0 Å². The molecular formula is C7H13NO3. The summed E-state index contributed by atoms with van der Waals surface area (Å²) in [6.45, 7) is 5.03. The van der Waals surface area contributed by atoms with Crippen molar-refractivity contribution < 1.29 is 15.0 Å². The maximum Gasteiger partial charge on any atom is 0.404 e. The highest BCUT2D eigenvalue weighted by Gasteiger charge is 2.13. The molecule has 1 amide bonds. The van der Waals surface area contributed by atoms with Crippen molar-refractivity contribution in [2.24, 2.45) is 0 Å². The number of nitrogens with one attached hydrogen (secondary N) is 1. The lowest BCUT2D eigenvalue weighted by Gasteiger charge is -2.16. The van der Waals surface area contributed by atoms with Gasteiger partial charge in [0, 0.05) is 0 Å². The first-order chi connectivity index (χ1) is 5.07. The second-order valence-corrected chi connectivity index (χ2v) is 2.33. The topological polar surface area (TPSA) is 69.6 Å². The van der Waals surface area contributed by atoms with Crippen LogP contribution in [0.3, 0.4) is 0 Å². The molecule has 0 aromatic heterocycles. The van der Waals surface area contributed by atoms with Gasteiger partial charge in [-0.25, -0.2) is 4.79 Å². The van der Waals surface area contributed by atoms with Gasteiger partial charge >= 0.3 is 6.09 Å². The molecule has 4 nitrogen and oxygen atoms in total. The van der Waals surface area contributed by atoms with Gasteiger partial charge in [0.25, 0.3) is 0 Å². The van der Waals surface area contributed by atoms with E-state index >= 15 is 0 Å². The van der Waals surface area contributed by atoms with E-state index in [1.165, 1.54) is 0 Å². The molecule has 0 saturated carbocycles. The molecule has 4 heteroatoms. The van der Waals surface area contributed by atoms with Crippen LogP contribution in [0.2, 0.25) is 0 Å². The fourth-order valence-electron chi connectivity index (χ4n) is 0.666. The van der Waals surface area contributed by atoms with E-state index in [9.17, 15) is 4.79 Å². The van der Waals surface area contributed by atoms with Crippen molar-refractivity contribution in [3.05, 3.63) is 12.7 Å². The summed E-state index contributed by atoms with van der Waals surface area (Å²) in [4.78, 5) is 10.1. The summed E-state index contributed by atoms with van der Waals surface area (Å²) in [7, 11) is 0. The van der Waals surface area contributed by atoms with Crippen molar-refractivity contribution in [1.82, 2.24) is 5.32 Å². The fraction of sp³-hybridized carbons (Fsp3) is 0.571. The molecule has 0 rings (SSSR count). The highest BCUT2D eigenvalue weighted by atomic mass is 16.4. The van der Waals surface area contributed by atoms with Crippen LogP contribution < -0.4 is 5.32 Å². The van der Waals surface area contributed by atoms with E-state index in [0.717, 1.165) is 0 Å². The fourth-order valence-corrected chi connectivity index (χ4v) is 0.666. The summed E-state index contributed by atoms with van der Waals surface area (Å²) in [6.07, 6.45) is 0.121. The molecule has 0 bridgehead atoms. The van der Waals surface area contributed by atoms with E-state index in [0.29, 0.717) is 6.42 Å². The van der Waals surface area contributed by atoms with E-state index in [2.05, 4.69) is 11.9 Å². The van der Waals surface area contributed by atoms with Crippen LogP contribution >= 0.6 is 0 Å². The first kappa shape index (κ1) is 9.97. The lowest BCUT2D eigenvalue weighted by molar-refractivity contribution is 0.128. The van der Waals surface area contributed by atoms with E-state index in [-0.39, 0.29) is 0 Å². The number of aliphatic hydroxyl groups is 1. The molecule has 0 aliphatic rings. The molecule has 0 fully saturated rings. The Morgan fingerprint density at radius 2 is 2.36 bits per heavy atom. The number of rotatable bonds is 4. The molecule has 1 unspecified atom stereocenters. The Morgan fingerprint density at radius 3 is 2.73 bits per heavy atom. The lowest BCUT2D eigenvalue weighted by atomic mass is 10.1. The SMILES string of the molecule is C=CCC(O)[C@H](C)NC(=O)O. The minimum Gasteiger partial charge on any atom is -0.465 e. The van der Waals surface area contributed by atoms with Crippen LogP contribution in [0.4, 0.5) is 4.79 Å². The van der Waals surface area contributed by atoms with Crippen molar-refractivity contribution in [2.75, 3.05) is 0 Å². The van der Waals surface area contributed by atoms with Gasteiger partial charge in [0.05, 0.1) is 12.1 Å². The maximum atomic E-state index is 10.1. The minimum atomic E-state index is -1.12. The number of carboxylic acid groups (broad SMARTS) is 1. The van der Waals surface area contributed by atoms with Crippen LogP contribution in [-0.4, -0.2) is 28.5 Å². The molecule has 0 saturated heterocycles. The number of hydrogen-bond donors (Lipinski definition) is 3. The normalized spacial score (nSPS) is 15.1. The summed E-state index contributed by atoms with van der Waals surface area (Å²) in [6, 6.07) is -0.453. The maximum absolute atomic E-state index is 10.1. The van der Waals surface area contributed by atoms with Gasteiger partial charge in [-0.05, 0) is 13.3 Å². The van der Waals surface area contributed by atoms with Gasteiger partial charge in [-0.1, -0.05) is 6.08 Å². The molecule has 3 N–H and O–H groups in total. The van der Waals surface area contributed by atoms with E-state index in [4.69, 9.17) is 10.2 Å². The standard InChI is InChI=1S/C7H13NO3/c1-3-4-6(9)5(2)8-7(10)11/h3,5-6,8-9H,1,4H2,2H3,(H,10,11)/t5-,6?/m0/s1. The molecule has 2 atom stereocenters. The summed E-state index contributed by atoms with van der Waals surface area (Å²) in [5, 5.41) is 19.6. The molecular weight excluding hydrogens is 146 g/mol. The van der Waals surface area contributed by atoms with Gasteiger partial charge in [0.2, 0.25) is 0 Å². The zero-order chi connectivity index (χ0) is 8.85. The molecule has 0 aromatic rings. The Hall–Kier alpha value is -1.03. The van der Waals surface area contributed by atoms with E-state index in [1.807, 2.05) is 0 Å². The molecule has 0 radical (unpaired) electrons. The first-order valence-electron chi connectivity index (χ1n) is 3.36. The largest absolute Gasteiger partial charge is 0.465 e. The third kappa shape index (κ3) is 4.38. The lowest BCUT2D eigenvalue weighted by Crippen LogP contribution is -2.40. The van der Waals surface area contributed by atoms with Crippen LogP contribution in [0, 0.1) is 0 Å². The zero-order valence-corrected chi connectivity index (χ0v) is 6.45. The second kappa shape index (κ2) is 4.73. The molecule has 64 valence electrons. The number of aliphatic hydroxyl groups excluding tert-OH is 1. The van der Waals surface area contributed by atoms with Gasteiger partial charge in [-0.15, -0.1) is 6.58 Å². The van der Waals surface area contributed by atoms with Gasteiger partial charge < -0.3 is 15.5 Å². The van der Waals surface area contributed by atoms with Crippen molar-refractivity contribution in [2.45, 2.75) is 25.5 Å². The highest BCUT2D eigenvalue weighted by molar-refractivity contribution is 5.64. The van der Waals surface area contributed by atoms with Crippen LogP contribution in [0.15, 0.2) is 12.7 Å². The van der Waals surface area contributed by atoms with Crippen molar-refractivity contribution in [1.29, 1.82) is 0 Å². The van der Waals surface area contributed by atoms with Crippen molar-refractivity contribution in [3.8, 4) is 0 Å². The smallest absolute Gasteiger partial charge is 0.404 e. The second-order valence-electron chi connectivity index (χ2n) is 2.33. The van der Waals surface area contributed by atoms with E-state index in [1.54, 1.807) is 13.0 Å². The molecule has 11 heavy (non-hydrogen) atoms. The summed E-state index contributed by atoms with van der Waals surface area (Å²) >= 11 is 0. The Kier molecular flexibility index (Phi) is 4.29. The molecule has 0 aromatic carbocycles. The van der Waals surface area contributed by atoms with Crippen LogP contribution in [0.1, 0.15) is 13.3 Å². The Morgan fingerprint density at radius 1 is 1.82 bits per heavy atom. The average molecular weight is 159 g/mol. The van der Waals surface area contributed by atoms with Gasteiger partial charge in [-0.2, -0.15) is 0 Å². The molecule has 0 heterocycles. The van der Waals surface area contributed by atoms with Gasteiger partial charge in [0.1, 0.15) is 0 Å². The molecule has 0 spiro atoms. The summed E-state index contributed by atoms with van der Waals surface area (Å²) in [5.74, 6) is 0. The zero-order valence-electron chi connectivity index (χ0n) is 6.45. The number of hydrogen-bond acceptors (Lipinski definition) is 2. The predicted molar refractivity (Wildman–Crippen MR) is 41.4 cm³/mol. The average Bonchev–Trinajstić information content (AvgIpc) is 1.86. The van der Waals surface area contributed by atoms with Crippen molar-refractivity contribution >= 4 is 6.09 Å². The monoisotopic (exact) mass is 159 g/mol. The Labute approximate surface area is 65.5 Å². The van der Waals surface area contributed by atoms with Gasteiger partial charge in [-0.3, -0.25) is 0 Å².